The smallest absolute Gasteiger partial charge is 0.149 e. The lowest BCUT2D eigenvalue weighted by Crippen LogP contribution is -2.17. The van der Waals surface area contributed by atoms with Crippen molar-refractivity contribution < 1.29 is 14.2 Å². The van der Waals surface area contributed by atoms with E-state index in [1.165, 1.54) is 6.42 Å². The molecule has 1 aliphatic heterocycles. The molecule has 2 rings (SSSR count). The summed E-state index contributed by atoms with van der Waals surface area (Å²) in [6.45, 7) is 3.07. The minimum atomic E-state index is 0.650. The zero-order valence-corrected chi connectivity index (χ0v) is 11.8. The number of ether oxygens (including phenoxy) is 3. The predicted molar refractivity (Wildman–Crippen MR) is 75.6 cm³/mol. The third kappa shape index (κ3) is 3.23. The summed E-state index contributed by atoms with van der Waals surface area (Å²) in [6.07, 6.45) is 1.20. The van der Waals surface area contributed by atoms with E-state index in [4.69, 9.17) is 14.2 Å². The summed E-state index contributed by atoms with van der Waals surface area (Å²) in [5.74, 6) is 2.85. The van der Waals surface area contributed by atoms with Gasteiger partial charge in [0.1, 0.15) is 22.9 Å². The molecule has 1 aromatic rings. The molecular weight excluding hydrogens is 244 g/mol. The predicted octanol–water partition coefficient (Wildman–Crippen LogP) is 1.73. The standard InChI is InChI=1S/C14H22N2O3/c1-17-11-6-12(18-2)14(13(7-11)19-3)16-9-10-4-5-15-8-10/h6-7,10,15-16H,4-5,8-9H2,1-3H3. The summed E-state index contributed by atoms with van der Waals surface area (Å²) in [6, 6.07) is 3.72. The van der Waals surface area contributed by atoms with Gasteiger partial charge in [-0.3, -0.25) is 0 Å². The summed E-state index contributed by atoms with van der Waals surface area (Å²) in [4.78, 5) is 0. The van der Waals surface area contributed by atoms with E-state index in [2.05, 4.69) is 10.6 Å². The van der Waals surface area contributed by atoms with Crippen LogP contribution < -0.4 is 24.8 Å². The van der Waals surface area contributed by atoms with Crippen molar-refractivity contribution in [1.29, 1.82) is 0 Å². The molecule has 1 saturated heterocycles. The number of hydrogen-bond donors (Lipinski definition) is 2. The topological polar surface area (TPSA) is 51.8 Å². The minimum Gasteiger partial charge on any atom is -0.496 e. The molecule has 0 spiro atoms. The third-order valence-electron chi connectivity index (χ3n) is 3.44. The van der Waals surface area contributed by atoms with E-state index >= 15 is 0 Å². The monoisotopic (exact) mass is 266 g/mol. The number of benzene rings is 1. The zero-order chi connectivity index (χ0) is 13.7. The molecule has 0 aliphatic carbocycles. The molecule has 1 fully saturated rings. The highest BCUT2D eigenvalue weighted by Gasteiger charge is 2.17. The van der Waals surface area contributed by atoms with Crippen molar-refractivity contribution in [3.05, 3.63) is 12.1 Å². The summed E-state index contributed by atoms with van der Waals surface area (Å²) in [7, 11) is 4.93. The maximum absolute atomic E-state index is 5.41. The Morgan fingerprint density at radius 3 is 2.32 bits per heavy atom. The molecule has 1 aromatic carbocycles. The van der Waals surface area contributed by atoms with Gasteiger partial charge in [-0.1, -0.05) is 0 Å². The molecular formula is C14H22N2O3. The molecule has 0 radical (unpaired) electrons. The van der Waals surface area contributed by atoms with Gasteiger partial charge in [0.25, 0.3) is 0 Å². The van der Waals surface area contributed by atoms with Crippen LogP contribution in [0, 0.1) is 5.92 Å². The van der Waals surface area contributed by atoms with Crippen LogP contribution in [0.3, 0.4) is 0 Å². The average Bonchev–Trinajstić information content (AvgIpc) is 2.97. The molecule has 19 heavy (non-hydrogen) atoms. The number of hydrogen-bond acceptors (Lipinski definition) is 5. The van der Waals surface area contributed by atoms with Gasteiger partial charge in [0.05, 0.1) is 21.3 Å². The molecule has 1 unspecified atom stereocenters. The van der Waals surface area contributed by atoms with Crippen LogP contribution in [0.4, 0.5) is 5.69 Å². The van der Waals surface area contributed by atoms with Crippen LogP contribution in [0.2, 0.25) is 0 Å². The Hall–Kier alpha value is -1.62. The maximum atomic E-state index is 5.41. The number of anilines is 1. The van der Waals surface area contributed by atoms with E-state index in [0.717, 1.165) is 42.6 Å². The fourth-order valence-corrected chi connectivity index (χ4v) is 2.31. The molecule has 1 atom stereocenters. The van der Waals surface area contributed by atoms with Crippen LogP contribution in [0.1, 0.15) is 6.42 Å². The highest BCUT2D eigenvalue weighted by Crippen LogP contribution is 2.39. The first-order valence-electron chi connectivity index (χ1n) is 6.53. The van der Waals surface area contributed by atoms with Crippen LogP contribution in [0.15, 0.2) is 12.1 Å². The van der Waals surface area contributed by atoms with Crippen molar-refractivity contribution in [2.75, 3.05) is 46.3 Å². The molecule has 0 saturated carbocycles. The second-order valence-corrected chi connectivity index (χ2v) is 4.65. The lowest BCUT2D eigenvalue weighted by atomic mass is 10.1. The maximum Gasteiger partial charge on any atom is 0.149 e. The van der Waals surface area contributed by atoms with Gasteiger partial charge < -0.3 is 24.8 Å². The Labute approximate surface area is 114 Å². The van der Waals surface area contributed by atoms with Gasteiger partial charge in [-0.25, -0.2) is 0 Å². The first-order chi connectivity index (χ1) is 9.28. The number of rotatable bonds is 6. The van der Waals surface area contributed by atoms with Gasteiger partial charge >= 0.3 is 0 Å². The fraction of sp³-hybridized carbons (Fsp3) is 0.571. The lowest BCUT2D eigenvalue weighted by molar-refractivity contribution is 0.377. The second-order valence-electron chi connectivity index (χ2n) is 4.65. The van der Waals surface area contributed by atoms with Crippen LogP contribution in [0.25, 0.3) is 0 Å². The van der Waals surface area contributed by atoms with E-state index in [-0.39, 0.29) is 0 Å². The molecule has 5 heteroatoms. The van der Waals surface area contributed by atoms with Crippen molar-refractivity contribution in [3.8, 4) is 17.2 Å². The van der Waals surface area contributed by atoms with E-state index in [9.17, 15) is 0 Å². The van der Waals surface area contributed by atoms with Crippen LogP contribution in [-0.2, 0) is 0 Å². The third-order valence-corrected chi connectivity index (χ3v) is 3.44. The van der Waals surface area contributed by atoms with Gasteiger partial charge in [0.15, 0.2) is 0 Å². The van der Waals surface area contributed by atoms with Crippen molar-refractivity contribution in [1.82, 2.24) is 5.32 Å². The zero-order valence-electron chi connectivity index (χ0n) is 11.8. The Bertz CT molecular complexity index is 392. The highest BCUT2D eigenvalue weighted by molar-refractivity contribution is 5.68. The van der Waals surface area contributed by atoms with Crippen molar-refractivity contribution in [2.45, 2.75) is 6.42 Å². The first kappa shape index (κ1) is 13.8. The molecule has 0 amide bonds. The number of methoxy groups -OCH3 is 3. The normalized spacial score (nSPS) is 18.2. The molecule has 2 N–H and O–H groups in total. The fourth-order valence-electron chi connectivity index (χ4n) is 2.31. The van der Waals surface area contributed by atoms with Gasteiger partial charge in [0.2, 0.25) is 0 Å². The van der Waals surface area contributed by atoms with Crippen LogP contribution in [0.5, 0.6) is 17.2 Å². The molecule has 5 nitrogen and oxygen atoms in total. The van der Waals surface area contributed by atoms with Crippen LogP contribution >= 0.6 is 0 Å². The van der Waals surface area contributed by atoms with Gasteiger partial charge in [-0.15, -0.1) is 0 Å². The SMILES string of the molecule is COc1cc(OC)c(NCC2CCNC2)c(OC)c1. The Morgan fingerprint density at radius 1 is 1.16 bits per heavy atom. The quantitative estimate of drug-likeness (QED) is 0.821. The Kier molecular flexibility index (Phi) is 4.74. The summed E-state index contributed by atoms with van der Waals surface area (Å²) < 4.78 is 16.0. The molecule has 0 aromatic heterocycles. The highest BCUT2D eigenvalue weighted by atomic mass is 16.5. The van der Waals surface area contributed by atoms with E-state index < -0.39 is 0 Å². The average molecular weight is 266 g/mol. The van der Waals surface area contributed by atoms with Crippen molar-refractivity contribution in [3.63, 3.8) is 0 Å². The largest absolute Gasteiger partial charge is 0.496 e. The van der Waals surface area contributed by atoms with Crippen LogP contribution in [-0.4, -0.2) is 41.0 Å². The Balaban J connectivity index is 2.16. The minimum absolute atomic E-state index is 0.650. The van der Waals surface area contributed by atoms with Gasteiger partial charge in [-0.2, -0.15) is 0 Å². The van der Waals surface area contributed by atoms with Gasteiger partial charge in [0, 0.05) is 18.7 Å². The number of nitrogens with one attached hydrogen (secondary N) is 2. The summed E-state index contributed by atoms with van der Waals surface area (Å²) in [5, 5.41) is 6.79. The summed E-state index contributed by atoms with van der Waals surface area (Å²) >= 11 is 0. The molecule has 1 aliphatic rings. The lowest BCUT2D eigenvalue weighted by Gasteiger charge is -2.18. The molecule has 0 bridgehead atoms. The molecule has 106 valence electrons. The summed E-state index contributed by atoms with van der Waals surface area (Å²) in [5.41, 5.74) is 0.887. The van der Waals surface area contributed by atoms with E-state index in [0.29, 0.717) is 5.92 Å². The van der Waals surface area contributed by atoms with E-state index in [1.54, 1.807) is 21.3 Å². The first-order valence-corrected chi connectivity index (χ1v) is 6.53. The van der Waals surface area contributed by atoms with Gasteiger partial charge in [-0.05, 0) is 25.4 Å². The van der Waals surface area contributed by atoms with Crippen molar-refractivity contribution in [2.24, 2.45) is 5.92 Å². The molecule has 1 heterocycles. The van der Waals surface area contributed by atoms with E-state index in [1.807, 2.05) is 12.1 Å². The van der Waals surface area contributed by atoms with Crippen molar-refractivity contribution >= 4 is 5.69 Å². The second kappa shape index (κ2) is 6.52. The Morgan fingerprint density at radius 2 is 1.84 bits per heavy atom.